The smallest absolute Gasteiger partial charge is 0.253 e. The molecule has 2 heteroatoms. The van der Waals surface area contributed by atoms with Crippen LogP contribution in [-0.2, 0) is 5.41 Å². The van der Waals surface area contributed by atoms with Crippen molar-refractivity contribution < 1.29 is 4.79 Å². The van der Waals surface area contributed by atoms with Gasteiger partial charge in [-0.3, -0.25) is 4.79 Å². The third-order valence-corrected chi connectivity index (χ3v) is 3.95. The molecule has 1 aliphatic rings. The zero-order valence-corrected chi connectivity index (χ0v) is 13.3. The van der Waals surface area contributed by atoms with Crippen molar-refractivity contribution in [2.75, 3.05) is 13.1 Å². The van der Waals surface area contributed by atoms with Crippen LogP contribution in [0.25, 0.3) is 0 Å². The minimum atomic E-state index is 0.138. The molecule has 20 heavy (non-hydrogen) atoms. The summed E-state index contributed by atoms with van der Waals surface area (Å²) in [6.45, 7) is 10.5. The molecule has 0 heterocycles. The van der Waals surface area contributed by atoms with E-state index in [-0.39, 0.29) is 11.3 Å². The van der Waals surface area contributed by atoms with Gasteiger partial charge < -0.3 is 4.90 Å². The Kier molecular flexibility index (Phi) is 4.52. The second kappa shape index (κ2) is 5.99. The molecular formula is C18H27NO. The van der Waals surface area contributed by atoms with Crippen molar-refractivity contribution in [2.24, 2.45) is 5.92 Å². The fraction of sp³-hybridized carbons (Fsp3) is 0.611. The Bertz CT molecular complexity index is 451. The molecule has 1 aromatic rings. The van der Waals surface area contributed by atoms with Gasteiger partial charge in [0, 0.05) is 18.7 Å². The molecule has 0 atom stereocenters. The highest BCUT2D eigenvalue weighted by molar-refractivity contribution is 5.94. The Hall–Kier alpha value is -1.31. The molecule has 0 aromatic heterocycles. The summed E-state index contributed by atoms with van der Waals surface area (Å²) in [5, 5.41) is 0. The van der Waals surface area contributed by atoms with Gasteiger partial charge in [-0.1, -0.05) is 39.8 Å². The Morgan fingerprint density at radius 2 is 1.80 bits per heavy atom. The van der Waals surface area contributed by atoms with E-state index in [1.54, 1.807) is 0 Å². The van der Waals surface area contributed by atoms with Crippen molar-refractivity contribution in [3.05, 3.63) is 35.4 Å². The maximum atomic E-state index is 12.6. The lowest BCUT2D eigenvalue weighted by Crippen LogP contribution is -2.33. The van der Waals surface area contributed by atoms with Crippen molar-refractivity contribution >= 4 is 5.91 Å². The number of benzene rings is 1. The van der Waals surface area contributed by atoms with Crippen molar-refractivity contribution in [3.8, 4) is 0 Å². The van der Waals surface area contributed by atoms with E-state index in [4.69, 9.17) is 0 Å². The van der Waals surface area contributed by atoms with Crippen LogP contribution in [0.4, 0.5) is 0 Å². The highest BCUT2D eigenvalue weighted by Crippen LogP contribution is 2.30. The summed E-state index contributed by atoms with van der Waals surface area (Å²) in [5.41, 5.74) is 2.24. The number of hydrogen-bond donors (Lipinski definition) is 0. The van der Waals surface area contributed by atoms with Crippen LogP contribution in [0, 0.1) is 5.92 Å². The second-order valence-corrected chi connectivity index (χ2v) is 7.02. The fourth-order valence-corrected chi connectivity index (χ4v) is 2.45. The highest BCUT2D eigenvalue weighted by atomic mass is 16.2. The van der Waals surface area contributed by atoms with Crippen LogP contribution in [0.5, 0.6) is 0 Å². The Balaban J connectivity index is 2.09. The average molecular weight is 273 g/mol. The van der Waals surface area contributed by atoms with Crippen LogP contribution in [0.3, 0.4) is 0 Å². The van der Waals surface area contributed by atoms with E-state index in [0.717, 1.165) is 31.0 Å². The first kappa shape index (κ1) is 15.1. The molecule has 1 saturated carbocycles. The van der Waals surface area contributed by atoms with E-state index < -0.39 is 0 Å². The van der Waals surface area contributed by atoms with Gasteiger partial charge in [0.05, 0.1) is 0 Å². The number of rotatable bonds is 5. The number of carbonyl (C=O) groups is 1. The van der Waals surface area contributed by atoms with Gasteiger partial charge in [0.1, 0.15) is 0 Å². The molecule has 2 rings (SSSR count). The van der Waals surface area contributed by atoms with E-state index in [1.165, 1.54) is 18.4 Å². The summed E-state index contributed by atoms with van der Waals surface area (Å²) in [7, 11) is 0. The molecule has 2 nitrogen and oxygen atoms in total. The van der Waals surface area contributed by atoms with Crippen molar-refractivity contribution in [1.82, 2.24) is 4.90 Å². The first-order valence-corrected chi connectivity index (χ1v) is 7.81. The highest BCUT2D eigenvalue weighted by Gasteiger charge is 2.27. The quantitative estimate of drug-likeness (QED) is 0.785. The predicted octanol–water partition coefficient (Wildman–Crippen LogP) is 4.25. The molecule has 110 valence electrons. The molecule has 0 bridgehead atoms. The molecule has 1 fully saturated rings. The van der Waals surface area contributed by atoms with Crippen molar-refractivity contribution in [1.29, 1.82) is 0 Å². The van der Waals surface area contributed by atoms with Crippen LogP contribution in [0.15, 0.2) is 24.3 Å². The van der Waals surface area contributed by atoms with E-state index >= 15 is 0 Å². The molecule has 0 radical (unpaired) electrons. The summed E-state index contributed by atoms with van der Waals surface area (Å²) >= 11 is 0. The lowest BCUT2D eigenvalue weighted by molar-refractivity contribution is 0.0747. The topological polar surface area (TPSA) is 20.3 Å². The minimum absolute atomic E-state index is 0.138. The maximum absolute atomic E-state index is 12.6. The standard InChI is InChI=1S/C18H27NO/c1-5-12-19(13-14-6-7-14)17(20)15-8-10-16(11-9-15)18(2,3)4/h8-11,14H,5-7,12-13H2,1-4H3. The number of hydrogen-bond acceptors (Lipinski definition) is 1. The van der Waals surface area contributed by atoms with Crippen LogP contribution in [0.1, 0.15) is 62.9 Å². The molecule has 0 unspecified atom stereocenters. The molecule has 1 aliphatic carbocycles. The predicted molar refractivity (Wildman–Crippen MR) is 84.1 cm³/mol. The third kappa shape index (κ3) is 3.84. The molecule has 0 spiro atoms. The van der Waals surface area contributed by atoms with E-state index in [0.29, 0.717) is 0 Å². The summed E-state index contributed by atoms with van der Waals surface area (Å²) in [6, 6.07) is 8.15. The van der Waals surface area contributed by atoms with Gasteiger partial charge in [0.25, 0.3) is 5.91 Å². The maximum Gasteiger partial charge on any atom is 0.253 e. The Morgan fingerprint density at radius 3 is 2.25 bits per heavy atom. The minimum Gasteiger partial charge on any atom is -0.338 e. The zero-order chi connectivity index (χ0) is 14.8. The average Bonchev–Trinajstić information content (AvgIpc) is 3.20. The fourth-order valence-electron chi connectivity index (χ4n) is 2.45. The monoisotopic (exact) mass is 273 g/mol. The van der Waals surface area contributed by atoms with Gasteiger partial charge in [0.15, 0.2) is 0 Å². The molecule has 0 aliphatic heterocycles. The van der Waals surface area contributed by atoms with E-state index in [1.807, 2.05) is 17.0 Å². The first-order chi connectivity index (χ1) is 9.41. The third-order valence-electron chi connectivity index (χ3n) is 3.95. The Labute approximate surface area is 123 Å². The summed E-state index contributed by atoms with van der Waals surface area (Å²) in [6.07, 6.45) is 3.60. The zero-order valence-electron chi connectivity index (χ0n) is 13.3. The van der Waals surface area contributed by atoms with Crippen LogP contribution in [-0.4, -0.2) is 23.9 Å². The number of nitrogens with zero attached hydrogens (tertiary/aromatic N) is 1. The second-order valence-electron chi connectivity index (χ2n) is 7.02. The normalized spacial score (nSPS) is 15.2. The summed E-state index contributed by atoms with van der Waals surface area (Å²) < 4.78 is 0. The first-order valence-electron chi connectivity index (χ1n) is 7.81. The van der Waals surface area contributed by atoms with Crippen LogP contribution >= 0.6 is 0 Å². The summed E-state index contributed by atoms with van der Waals surface area (Å²) in [5.74, 6) is 0.943. The van der Waals surface area contributed by atoms with E-state index in [2.05, 4.69) is 39.8 Å². The molecule has 1 aromatic carbocycles. The largest absolute Gasteiger partial charge is 0.338 e. The van der Waals surface area contributed by atoms with Gasteiger partial charge in [-0.05, 0) is 48.3 Å². The van der Waals surface area contributed by atoms with Gasteiger partial charge in [0.2, 0.25) is 0 Å². The van der Waals surface area contributed by atoms with Crippen molar-refractivity contribution in [2.45, 2.75) is 52.4 Å². The van der Waals surface area contributed by atoms with Crippen LogP contribution in [0.2, 0.25) is 0 Å². The molecule has 1 amide bonds. The van der Waals surface area contributed by atoms with E-state index in [9.17, 15) is 4.79 Å². The lowest BCUT2D eigenvalue weighted by atomic mass is 9.86. The van der Waals surface area contributed by atoms with Crippen molar-refractivity contribution in [3.63, 3.8) is 0 Å². The molecule has 0 saturated heterocycles. The van der Waals surface area contributed by atoms with Gasteiger partial charge >= 0.3 is 0 Å². The molecule has 0 N–H and O–H groups in total. The Morgan fingerprint density at radius 1 is 1.20 bits per heavy atom. The summed E-state index contributed by atoms with van der Waals surface area (Å²) in [4.78, 5) is 14.6. The van der Waals surface area contributed by atoms with Gasteiger partial charge in [-0.2, -0.15) is 0 Å². The SMILES string of the molecule is CCCN(CC1CC1)C(=O)c1ccc(C(C)(C)C)cc1. The van der Waals surface area contributed by atoms with Gasteiger partial charge in [-0.15, -0.1) is 0 Å². The van der Waals surface area contributed by atoms with Gasteiger partial charge in [-0.25, -0.2) is 0 Å². The lowest BCUT2D eigenvalue weighted by Gasteiger charge is -2.23. The number of carbonyl (C=O) groups excluding carboxylic acids is 1. The van der Waals surface area contributed by atoms with Crippen LogP contribution < -0.4 is 0 Å². The number of amides is 1. The molecular weight excluding hydrogens is 246 g/mol.